The molecular formula is C18H31IN4O. The Morgan fingerprint density at radius 3 is 2.50 bits per heavy atom. The number of carbonyl (C=O) groups excluding carboxylic acids is 1. The third-order valence-corrected chi connectivity index (χ3v) is 3.48. The third kappa shape index (κ3) is 7.99. The first-order valence-electron chi connectivity index (χ1n) is 8.48. The second-order valence-corrected chi connectivity index (χ2v) is 5.51. The largest absolute Gasteiger partial charge is 0.357 e. The van der Waals surface area contributed by atoms with Gasteiger partial charge in [0.25, 0.3) is 5.91 Å². The van der Waals surface area contributed by atoms with Gasteiger partial charge >= 0.3 is 0 Å². The summed E-state index contributed by atoms with van der Waals surface area (Å²) in [4.78, 5) is 18.7. The average Bonchev–Trinajstić information content (AvgIpc) is 2.57. The Hall–Kier alpha value is -1.31. The Balaban J connectivity index is 0.00000529. The van der Waals surface area contributed by atoms with E-state index in [1.165, 1.54) is 6.42 Å². The van der Waals surface area contributed by atoms with Gasteiger partial charge in [0.1, 0.15) is 0 Å². The fourth-order valence-electron chi connectivity index (χ4n) is 2.21. The summed E-state index contributed by atoms with van der Waals surface area (Å²) in [6.07, 6.45) is 2.31. The molecule has 0 bridgehead atoms. The molecule has 0 atom stereocenters. The summed E-state index contributed by atoms with van der Waals surface area (Å²) < 4.78 is 0. The highest BCUT2D eigenvalue weighted by molar-refractivity contribution is 14.0. The van der Waals surface area contributed by atoms with Crippen molar-refractivity contribution in [3.8, 4) is 0 Å². The number of amides is 1. The molecule has 0 aromatic heterocycles. The number of carbonyl (C=O) groups is 1. The van der Waals surface area contributed by atoms with Gasteiger partial charge in [0.2, 0.25) is 0 Å². The van der Waals surface area contributed by atoms with E-state index in [4.69, 9.17) is 0 Å². The number of halogens is 1. The quantitative estimate of drug-likeness (QED) is 0.366. The Bertz CT molecular complexity index is 519. The van der Waals surface area contributed by atoms with Crippen molar-refractivity contribution in [1.82, 2.24) is 15.5 Å². The van der Waals surface area contributed by atoms with Crippen molar-refractivity contribution in [2.24, 2.45) is 4.99 Å². The number of nitrogens with one attached hydrogen (secondary N) is 2. The van der Waals surface area contributed by atoms with Crippen LogP contribution in [0.3, 0.4) is 0 Å². The fraction of sp³-hybridized carbons (Fsp3) is 0.556. The standard InChI is InChI=1S/C18H30N4O.HI/c1-5-8-12-22(4)18(20-7-3)21-14-15-10-9-11-16(13-15)17(23)19-6-2;/h9-11,13H,5-8,12,14H2,1-4H3,(H,19,23)(H,20,21);1H. The Morgan fingerprint density at radius 1 is 1.17 bits per heavy atom. The van der Waals surface area contributed by atoms with Crippen LogP contribution in [0.25, 0.3) is 0 Å². The van der Waals surface area contributed by atoms with E-state index in [1.54, 1.807) is 0 Å². The molecular weight excluding hydrogens is 415 g/mol. The Labute approximate surface area is 163 Å². The van der Waals surface area contributed by atoms with Crippen molar-refractivity contribution in [2.75, 3.05) is 26.7 Å². The molecule has 0 unspecified atom stereocenters. The molecule has 0 heterocycles. The number of unbranched alkanes of at least 4 members (excludes halogenated alkanes) is 1. The molecule has 1 aromatic carbocycles. The smallest absolute Gasteiger partial charge is 0.251 e. The molecule has 5 nitrogen and oxygen atoms in total. The average molecular weight is 446 g/mol. The highest BCUT2D eigenvalue weighted by Gasteiger charge is 2.07. The lowest BCUT2D eigenvalue weighted by molar-refractivity contribution is 0.0955. The van der Waals surface area contributed by atoms with Crippen molar-refractivity contribution in [1.29, 1.82) is 0 Å². The molecule has 6 heteroatoms. The Morgan fingerprint density at radius 2 is 1.88 bits per heavy atom. The summed E-state index contributed by atoms with van der Waals surface area (Å²) in [5.41, 5.74) is 1.72. The van der Waals surface area contributed by atoms with E-state index in [2.05, 4.69) is 41.4 Å². The maximum absolute atomic E-state index is 11.9. The van der Waals surface area contributed by atoms with Crippen LogP contribution in [-0.4, -0.2) is 43.4 Å². The van der Waals surface area contributed by atoms with Crippen molar-refractivity contribution >= 4 is 35.8 Å². The first-order chi connectivity index (χ1) is 11.1. The predicted molar refractivity (Wildman–Crippen MR) is 112 cm³/mol. The van der Waals surface area contributed by atoms with Gasteiger partial charge in [-0.1, -0.05) is 25.5 Å². The van der Waals surface area contributed by atoms with Crippen LogP contribution in [0.1, 0.15) is 49.5 Å². The fourth-order valence-corrected chi connectivity index (χ4v) is 2.21. The molecule has 0 fully saturated rings. The number of hydrogen-bond acceptors (Lipinski definition) is 2. The lowest BCUT2D eigenvalue weighted by Crippen LogP contribution is -2.39. The minimum absolute atomic E-state index is 0. The van der Waals surface area contributed by atoms with E-state index in [-0.39, 0.29) is 29.9 Å². The zero-order valence-corrected chi connectivity index (χ0v) is 17.6. The maximum atomic E-state index is 11.9. The molecule has 0 aliphatic carbocycles. The summed E-state index contributed by atoms with van der Waals surface area (Å²) in [7, 11) is 2.06. The summed E-state index contributed by atoms with van der Waals surface area (Å²) in [6, 6.07) is 7.64. The zero-order chi connectivity index (χ0) is 17.1. The van der Waals surface area contributed by atoms with Gasteiger partial charge in [-0.2, -0.15) is 0 Å². The number of hydrogen-bond donors (Lipinski definition) is 2. The number of benzene rings is 1. The maximum Gasteiger partial charge on any atom is 0.251 e. The van der Waals surface area contributed by atoms with Crippen LogP contribution in [0.2, 0.25) is 0 Å². The van der Waals surface area contributed by atoms with Crippen molar-refractivity contribution < 1.29 is 4.79 Å². The molecule has 0 radical (unpaired) electrons. The van der Waals surface area contributed by atoms with Gasteiger partial charge in [0.15, 0.2) is 5.96 Å². The summed E-state index contributed by atoms with van der Waals surface area (Å²) >= 11 is 0. The predicted octanol–water partition coefficient (Wildman–Crippen LogP) is 3.25. The zero-order valence-electron chi connectivity index (χ0n) is 15.3. The molecule has 0 saturated heterocycles. The molecule has 0 aliphatic heterocycles. The van der Waals surface area contributed by atoms with E-state index in [1.807, 2.05) is 31.2 Å². The first kappa shape index (κ1) is 22.7. The van der Waals surface area contributed by atoms with Gasteiger partial charge < -0.3 is 15.5 Å². The van der Waals surface area contributed by atoms with E-state index in [0.717, 1.165) is 31.0 Å². The number of guanidine groups is 1. The molecule has 0 spiro atoms. The molecule has 1 rings (SSSR count). The SMILES string of the molecule is CCCCN(C)C(=NCc1cccc(C(=O)NCC)c1)NCC.I. The lowest BCUT2D eigenvalue weighted by Gasteiger charge is -2.21. The normalized spacial score (nSPS) is 10.8. The van der Waals surface area contributed by atoms with Crippen molar-refractivity contribution in [2.45, 2.75) is 40.2 Å². The van der Waals surface area contributed by atoms with Crippen LogP contribution in [0.15, 0.2) is 29.3 Å². The summed E-state index contributed by atoms with van der Waals surface area (Å²) in [5.74, 6) is 0.870. The van der Waals surface area contributed by atoms with Gasteiger partial charge in [0, 0.05) is 32.2 Å². The minimum Gasteiger partial charge on any atom is -0.357 e. The van der Waals surface area contributed by atoms with E-state index in [0.29, 0.717) is 18.7 Å². The third-order valence-electron chi connectivity index (χ3n) is 3.48. The monoisotopic (exact) mass is 446 g/mol. The summed E-state index contributed by atoms with van der Waals surface area (Å²) in [6.45, 7) is 9.19. The minimum atomic E-state index is -0.0368. The van der Waals surface area contributed by atoms with E-state index >= 15 is 0 Å². The van der Waals surface area contributed by atoms with Crippen LogP contribution in [0, 0.1) is 0 Å². The second-order valence-electron chi connectivity index (χ2n) is 5.51. The van der Waals surface area contributed by atoms with Gasteiger partial charge in [-0.15, -0.1) is 24.0 Å². The highest BCUT2D eigenvalue weighted by atomic mass is 127. The molecule has 1 amide bonds. The van der Waals surface area contributed by atoms with Gasteiger partial charge in [0.05, 0.1) is 6.54 Å². The van der Waals surface area contributed by atoms with Crippen LogP contribution in [-0.2, 0) is 6.54 Å². The Kier molecular flexibility index (Phi) is 12.3. The van der Waals surface area contributed by atoms with Crippen LogP contribution in [0.5, 0.6) is 0 Å². The van der Waals surface area contributed by atoms with E-state index < -0.39 is 0 Å². The van der Waals surface area contributed by atoms with Gasteiger partial charge in [-0.3, -0.25) is 4.79 Å². The van der Waals surface area contributed by atoms with Crippen molar-refractivity contribution in [3.05, 3.63) is 35.4 Å². The molecule has 0 saturated carbocycles. The van der Waals surface area contributed by atoms with E-state index in [9.17, 15) is 4.79 Å². The molecule has 1 aromatic rings. The van der Waals surface area contributed by atoms with Crippen LogP contribution >= 0.6 is 24.0 Å². The molecule has 0 aliphatic rings. The molecule has 136 valence electrons. The number of rotatable bonds is 8. The lowest BCUT2D eigenvalue weighted by atomic mass is 10.1. The first-order valence-corrected chi connectivity index (χ1v) is 8.48. The van der Waals surface area contributed by atoms with Crippen LogP contribution < -0.4 is 10.6 Å². The number of nitrogens with zero attached hydrogens (tertiary/aromatic N) is 2. The van der Waals surface area contributed by atoms with Gasteiger partial charge in [-0.25, -0.2) is 4.99 Å². The topological polar surface area (TPSA) is 56.7 Å². The van der Waals surface area contributed by atoms with Crippen LogP contribution in [0.4, 0.5) is 0 Å². The van der Waals surface area contributed by atoms with Crippen molar-refractivity contribution in [3.63, 3.8) is 0 Å². The molecule has 2 N–H and O–H groups in total. The van der Waals surface area contributed by atoms with Gasteiger partial charge in [-0.05, 0) is 38.0 Å². The second kappa shape index (κ2) is 13.0. The summed E-state index contributed by atoms with van der Waals surface area (Å²) in [5, 5.41) is 6.14. The number of aliphatic imine (C=N–C) groups is 1. The highest BCUT2D eigenvalue weighted by Crippen LogP contribution is 2.07. The molecule has 24 heavy (non-hydrogen) atoms.